The Bertz CT molecular complexity index is 1390. The molecule has 1 amide bonds. The summed E-state index contributed by atoms with van der Waals surface area (Å²) in [6.07, 6.45) is 3.28. The molecule has 1 saturated heterocycles. The van der Waals surface area contributed by atoms with Gasteiger partial charge in [0.25, 0.3) is 11.7 Å². The maximum absolute atomic E-state index is 13.3. The van der Waals surface area contributed by atoms with E-state index in [0.717, 1.165) is 10.9 Å². The topological polar surface area (TPSA) is 95.5 Å². The van der Waals surface area contributed by atoms with Gasteiger partial charge in [0.1, 0.15) is 11.5 Å². The van der Waals surface area contributed by atoms with Crippen LogP contribution in [0.1, 0.15) is 22.9 Å². The Morgan fingerprint density at radius 3 is 2.61 bits per heavy atom. The number of nitrogens with zero attached hydrogens (tertiary/aromatic N) is 2. The molecule has 1 unspecified atom stereocenters. The Balaban J connectivity index is 1.72. The van der Waals surface area contributed by atoms with Crippen LogP contribution in [0.3, 0.4) is 0 Å². The third-order valence-electron chi connectivity index (χ3n) is 5.88. The van der Waals surface area contributed by atoms with Gasteiger partial charge in [0.05, 0.1) is 31.0 Å². The van der Waals surface area contributed by atoms with Crippen LogP contribution in [-0.4, -0.2) is 38.8 Å². The second-order valence-electron chi connectivity index (χ2n) is 7.74. The quantitative estimate of drug-likeness (QED) is 0.276. The first-order valence-corrected chi connectivity index (χ1v) is 10.5. The number of benzene rings is 2. The van der Waals surface area contributed by atoms with Crippen molar-refractivity contribution in [3.05, 3.63) is 102 Å². The van der Waals surface area contributed by atoms with Gasteiger partial charge >= 0.3 is 0 Å². The normalized spacial score (nSPS) is 17.6. The number of para-hydroxylation sites is 2. The third-order valence-corrected chi connectivity index (χ3v) is 5.88. The number of nitrogens with one attached hydrogen (secondary N) is 1. The Kier molecular flexibility index (Phi) is 5.14. The zero-order chi connectivity index (χ0) is 22.9. The second kappa shape index (κ2) is 8.27. The highest BCUT2D eigenvalue weighted by Gasteiger charge is 2.47. The number of aliphatic hydroxyl groups is 1. The summed E-state index contributed by atoms with van der Waals surface area (Å²) in [5.74, 6) is -1.16. The van der Waals surface area contributed by atoms with Crippen LogP contribution in [0.4, 0.5) is 0 Å². The van der Waals surface area contributed by atoms with Crippen molar-refractivity contribution in [2.45, 2.75) is 12.6 Å². The average molecular weight is 439 g/mol. The van der Waals surface area contributed by atoms with E-state index in [2.05, 4.69) is 9.97 Å². The van der Waals surface area contributed by atoms with Gasteiger partial charge in [0.2, 0.25) is 0 Å². The molecule has 1 aliphatic rings. The monoisotopic (exact) mass is 439 g/mol. The number of hydrogen-bond acceptors (Lipinski definition) is 5. The van der Waals surface area contributed by atoms with Gasteiger partial charge in [-0.3, -0.25) is 14.6 Å². The Labute approximate surface area is 190 Å². The number of Topliss-reactive ketones (excluding diaryl/α,β-unsaturated/α-hetero) is 1. The Hall–Kier alpha value is -4.39. The van der Waals surface area contributed by atoms with E-state index in [9.17, 15) is 14.7 Å². The molecule has 0 bridgehead atoms. The van der Waals surface area contributed by atoms with Crippen molar-refractivity contribution in [3.63, 3.8) is 0 Å². The van der Waals surface area contributed by atoms with Crippen LogP contribution in [0.25, 0.3) is 16.7 Å². The van der Waals surface area contributed by atoms with Gasteiger partial charge in [-0.2, -0.15) is 0 Å². The molecule has 33 heavy (non-hydrogen) atoms. The SMILES string of the molecule is COc1ccccc1C1/C(=C(\O)c2c[nH]c3ccccc23)C(=O)C(=O)N1Cc1ccccn1. The zero-order valence-corrected chi connectivity index (χ0v) is 17.9. The standard InChI is InChI=1S/C26H21N3O4/c1-33-21-12-5-3-10-18(21)23-22(24(30)19-14-28-20-11-4-2-9-17(19)20)25(31)26(32)29(23)15-16-8-6-7-13-27-16/h2-14,23,28,30H,15H2,1H3/b24-22+. The van der Waals surface area contributed by atoms with E-state index in [1.165, 1.54) is 12.0 Å². The van der Waals surface area contributed by atoms with Crippen LogP contribution in [0.2, 0.25) is 0 Å². The summed E-state index contributed by atoms with van der Waals surface area (Å²) in [6, 6.07) is 19.2. The lowest BCUT2D eigenvalue weighted by atomic mass is 9.94. The number of hydrogen-bond donors (Lipinski definition) is 2. The van der Waals surface area contributed by atoms with Gasteiger partial charge < -0.3 is 19.7 Å². The van der Waals surface area contributed by atoms with Gasteiger partial charge in [-0.25, -0.2) is 0 Å². The molecule has 2 aromatic carbocycles. The summed E-state index contributed by atoms with van der Waals surface area (Å²) < 4.78 is 5.54. The molecule has 1 aliphatic heterocycles. The zero-order valence-electron chi connectivity index (χ0n) is 17.9. The summed E-state index contributed by atoms with van der Waals surface area (Å²) in [5.41, 5.74) is 2.53. The molecule has 0 spiro atoms. The molecule has 3 heterocycles. The van der Waals surface area contributed by atoms with Crippen molar-refractivity contribution >= 4 is 28.4 Å². The number of ether oxygens (including phenoxy) is 1. The lowest BCUT2D eigenvalue weighted by molar-refractivity contribution is -0.140. The molecule has 7 nitrogen and oxygen atoms in total. The summed E-state index contributed by atoms with van der Waals surface area (Å²) in [7, 11) is 1.53. The number of aromatic nitrogens is 2. The van der Waals surface area contributed by atoms with Gasteiger partial charge in [0.15, 0.2) is 0 Å². The Morgan fingerprint density at radius 1 is 1.06 bits per heavy atom. The van der Waals surface area contributed by atoms with E-state index in [4.69, 9.17) is 4.74 Å². The lowest BCUT2D eigenvalue weighted by Crippen LogP contribution is -2.29. The van der Waals surface area contributed by atoms with E-state index in [1.54, 1.807) is 36.7 Å². The van der Waals surface area contributed by atoms with Crippen molar-refractivity contribution in [2.24, 2.45) is 0 Å². The molecule has 7 heteroatoms. The molecular weight excluding hydrogens is 418 g/mol. The summed E-state index contributed by atoms with van der Waals surface area (Å²) in [5, 5.41) is 12.1. The highest BCUT2D eigenvalue weighted by atomic mass is 16.5. The molecule has 2 aromatic heterocycles. The largest absolute Gasteiger partial charge is 0.507 e. The van der Waals surface area contributed by atoms with E-state index in [0.29, 0.717) is 22.6 Å². The van der Waals surface area contributed by atoms with Crippen LogP contribution in [-0.2, 0) is 16.1 Å². The van der Waals surface area contributed by atoms with Gasteiger partial charge in [-0.05, 0) is 24.3 Å². The van der Waals surface area contributed by atoms with Crippen LogP contribution >= 0.6 is 0 Å². The number of carbonyl (C=O) groups is 2. The number of pyridine rings is 1. The first-order valence-electron chi connectivity index (χ1n) is 10.5. The fourth-order valence-corrected chi connectivity index (χ4v) is 4.34. The van der Waals surface area contributed by atoms with Gasteiger partial charge in [-0.15, -0.1) is 0 Å². The molecule has 2 N–H and O–H groups in total. The van der Waals surface area contributed by atoms with Crippen molar-refractivity contribution < 1.29 is 19.4 Å². The van der Waals surface area contributed by atoms with Crippen LogP contribution in [0.5, 0.6) is 5.75 Å². The number of aromatic amines is 1. The highest BCUT2D eigenvalue weighted by molar-refractivity contribution is 6.46. The number of rotatable bonds is 5. The van der Waals surface area contributed by atoms with Gasteiger partial charge in [0, 0.05) is 34.4 Å². The van der Waals surface area contributed by atoms with Crippen LogP contribution in [0.15, 0.2) is 84.7 Å². The smallest absolute Gasteiger partial charge is 0.296 e. The number of ketones is 1. The number of aliphatic hydroxyl groups excluding tert-OH is 1. The van der Waals surface area contributed by atoms with Crippen LogP contribution < -0.4 is 4.74 Å². The molecule has 164 valence electrons. The van der Waals surface area contributed by atoms with E-state index >= 15 is 0 Å². The highest BCUT2D eigenvalue weighted by Crippen LogP contribution is 2.43. The first kappa shape index (κ1) is 20.5. The van der Waals surface area contributed by atoms with Crippen molar-refractivity contribution in [1.82, 2.24) is 14.9 Å². The third kappa shape index (κ3) is 3.43. The predicted octanol–water partition coefficient (Wildman–Crippen LogP) is 4.19. The maximum Gasteiger partial charge on any atom is 0.296 e. The van der Waals surface area contributed by atoms with E-state index in [-0.39, 0.29) is 17.9 Å². The van der Waals surface area contributed by atoms with E-state index < -0.39 is 17.7 Å². The predicted molar refractivity (Wildman–Crippen MR) is 123 cm³/mol. The molecule has 5 rings (SSSR count). The molecule has 1 atom stereocenters. The van der Waals surface area contributed by atoms with Crippen LogP contribution in [0, 0.1) is 0 Å². The number of carbonyl (C=O) groups excluding carboxylic acids is 2. The summed E-state index contributed by atoms with van der Waals surface area (Å²) in [6.45, 7) is 0.110. The number of likely N-dealkylation sites (tertiary alicyclic amines) is 1. The van der Waals surface area contributed by atoms with Crippen molar-refractivity contribution in [2.75, 3.05) is 7.11 Å². The average Bonchev–Trinajstić information content (AvgIpc) is 3.39. The van der Waals surface area contributed by atoms with Gasteiger partial charge in [-0.1, -0.05) is 42.5 Å². The molecule has 0 aliphatic carbocycles. The number of H-pyrrole nitrogens is 1. The molecule has 0 radical (unpaired) electrons. The number of fused-ring (bicyclic) bond motifs is 1. The minimum Gasteiger partial charge on any atom is -0.507 e. The second-order valence-corrected chi connectivity index (χ2v) is 7.74. The summed E-state index contributed by atoms with van der Waals surface area (Å²) >= 11 is 0. The Morgan fingerprint density at radius 2 is 1.82 bits per heavy atom. The molecular formula is C26H21N3O4. The molecule has 0 saturated carbocycles. The lowest BCUT2D eigenvalue weighted by Gasteiger charge is -2.26. The number of amides is 1. The van der Waals surface area contributed by atoms with E-state index in [1.807, 2.05) is 42.5 Å². The maximum atomic E-state index is 13.3. The van der Waals surface area contributed by atoms with Crippen molar-refractivity contribution in [1.29, 1.82) is 0 Å². The molecule has 1 fully saturated rings. The fourth-order valence-electron chi connectivity index (χ4n) is 4.34. The minimum atomic E-state index is -0.836. The molecule has 4 aromatic rings. The van der Waals surface area contributed by atoms with Crippen molar-refractivity contribution in [3.8, 4) is 5.75 Å². The fraction of sp³-hybridized carbons (Fsp3) is 0.115. The first-order chi connectivity index (χ1) is 16.1. The number of methoxy groups -OCH3 is 1. The minimum absolute atomic E-state index is 0.0187. The summed E-state index contributed by atoms with van der Waals surface area (Å²) in [4.78, 5) is 35.3.